The lowest BCUT2D eigenvalue weighted by molar-refractivity contribution is 0.457. The number of hydrogen-bond acceptors (Lipinski definition) is 4. The molecule has 0 spiro atoms. The van der Waals surface area contributed by atoms with E-state index in [1.807, 2.05) is 7.05 Å². The van der Waals surface area contributed by atoms with Gasteiger partial charge in [-0.3, -0.25) is 4.98 Å². The van der Waals surface area contributed by atoms with Crippen LogP contribution >= 0.6 is 23.2 Å². The molecule has 1 aromatic carbocycles. The van der Waals surface area contributed by atoms with E-state index in [2.05, 4.69) is 15.3 Å². The van der Waals surface area contributed by atoms with Crippen molar-refractivity contribution < 1.29 is 4.74 Å². The second-order valence-corrected chi connectivity index (χ2v) is 4.40. The largest absolute Gasteiger partial charge is 0.436 e. The first-order valence-corrected chi connectivity index (χ1v) is 6.03. The molecule has 0 aliphatic carbocycles. The molecule has 18 heavy (non-hydrogen) atoms. The van der Waals surface area contributed by atoms with Crippen molar-refractivity contribution in [2.75, 3.05) is 7.05 Å². The summed E-state index contributed by atoms with van der Waals surface area (Å²) in [5, 5.41) is 4.01. The maximum atomic E-state index is 6.00. The minimum Gasteiger partial charge on any atom is -0.436 e. The van der Waals surface area contributed by atoms with Crippen molar-refractivity contribution in [3.8, 4) is 11.6 Å². The molecular formula is C12H11Cl2N3O. The molecule has 0 fully saturated rings. The first-order chi connectivity index (χ1) is 8.69. The molecule has 0 bridgehead atoms. The minimum atomic E-state index is 0.381. The Bertz CT molecular complexity index is 549. The van der Waals surface area contributed by atoms with Gasteiger partial charge in [0.25, 0.3) is 0 Å². The molecule has 0 aliphatic heterocycles. The highest BCUT2D eigenvalue weighted by Crippen LogP contribution is 2.30. The van der Waals surface area contributed by atoms with Crippen LogP contribution in [0.3, 0.4) is 0 Å². The van der Waals surface area contributed by atoms with Crippen LogP contribution < -0.4 is 10.1 Å². The van der Waals surface area contributed by atoms with E-state index >= 15 is 0 Å². The standard InChI is InChI=1S/C12H11Cl2N3O/c1-15-5-9-6-16-7-12(17-9)18-11-4-8(13)2-3-10(11)14/h2-4,6-7,15H,5H2,1H3. The van der Waals surface area contributed by atoms with E-state index < -0.39 is 0 Å². The summed E-state index contributed by atoms with van der Waals surface area (Å²) in [7, 11) is 1.84. The van der Waals surface area contributed by atoms with E-state index in [0.29, 0.717) is 28.2 Å². The summed E-state index contributed by atoms with van der Waals surface area (Å²) in [6.45, 7) is 0.619. The Morgan fingerprint density at radius 1 is 1.28 bits per heavy atom. The highest BCUT2D eigenvalue weighted by molar-refractivity contribution is 6.34. The Morgan fingerprint density at radius 3 is 2.89 bits per heavy atom. The van der Waals surface area contributed by atoms with Crippen LogP contribution in [-0.4, -0.2) is 17.0 Å². The smallest absolute Gasteiger partial charge is 0.238 e. The molecule has 1 heterocycles. The van der Waals surface area contributed by atoms with Gasteiger partial charge in [0.15, 0.2) is 0 Å². The monoisotopic (exact) mass is 283 g/mol. The molecule has 94 valence electrons. The van der Waals surface area contributed by atoms with Crippen LogP contribution in [0.5, 0.6) is 11.6 Å². The third-order valence-electron chi connectivity index (χ3n) is 2.13. The van der Waals surface area contributed by atoms with Gasteiger partial charge in [-0.05, 0) is 19.2 Å². The molecule has 0 saturated carbocycles. The Labute approximate surface area is 115 Å². The lowest BCUT2D eigenvalue weighted by Gasteiger charge is -2.07. The number of nitrogens with one attached hydrogen (secondary N) is 1. The maximum Gasteiger partial charge on any atom is 0.238 e. The summed E-state index contributed by atoms with van der Waals surface area (Å²) in [4.78, 5) is 8.33. The average molecular weight is 284 g/mol. The maximum absolute atomic E-state index is 6.00. The van der Waals surface area contributed by atoms with Crippen molar-refractivity contribution in [2.24, 2.45) is 0 Å². The zero-order chi connectivity index (χ0) is 13.0. The van der Waals surface area contributed by atoms with Gasteiger partial charge in [0, 0.05) is 23.8 Å². The number of rotatable bonds is 4. The quantitative estimate of drug-likeness (QED) is 0.935. The molecule has 0 amide bonds. The van der Waals surface area contributed by atoms with Crippen LogP contribution in [0.25, 0.3) is 0 Å². The summed E-state index contributed by atoms with van der Waals surface area (Å²) in [5.74, 6) is 0.840. The number of halogens is 2. The van der Waals surface area contributed by atoms with E-state index in [-0.39, 0.29) is 0 Å². The Morgan fingerprint density at radius 2 is 2.11 bits per heavy atom. The molecule has 1 N–H and O–H groups in total. The van der Waals surface area contributed by atoms with Gasteiger partial charge in [-0.25, -0.2) is 4.98 Å². The highest BCUT2D eigenvalue weighted by Gasteiger charge is 2.06. The van der Waals surface area contributed by atoms with Crippen molar-refractivity contribution in [1.82, 2.24) is 15.3 Å². The van der Waals surface area contributed by atoms with Crippen molar-refractivity contribution in [2.45, 2.75) is 6.54 Å². The average Bonchev–Trinajstić information content (AvgIpc) is 2.35. The molecule has 0 atom stereocenters. The van der Waals surface area contributed by atoms with Crippen molar-refractivity contribution in [3.63, 3.8) is 0 Å². The van der Waals surface area contributed by atoms with Gasteiger partial charge in [0.2, 0.25) is 5.88 Å². The molecule has 0 saturated heterocycles. The number of nitrogens with zero attached hydrogens (tertiary/aromatic N) is 2. The molecule has 2 aromatic rings. The predicted molar refractivity (Wildman–Crippen MR) is 71.3 cm³/mol. The van der Waals surface area contributed by atoms with E-state index in [1.165, 1.54) is 6.20 Å². The molecular weight excluding hydrogens is 273 g/mol. The second-order valence-electron chi connectivity index (χ2n) is 3.56. The van der Waals surface area contributed by atoms with Crippen LogP contribution in [0.1, 0.15) is 5.69 Å². The van der Waals surface area contributed by atoms with Crippen LogP contribution in [0, 0.1) is 0 Å². The van der Waals surface area contributed by atoms with Gasteiger partial charge in [-0.1, -0.05) is 23.2 Å². The first-order valence-electron chi connectivity index (χ1n) is 5.27. The molecule has 0 aliphatic rings. The number of benzene rings is 1. The summed E-state index contributed by atoms with van der Waals surface area (Å²) in [6, 6.07) is 5.00. The van der Waals surface area contributed by atoms with Crippen molar-refractivity contribution in [3.05, 3.63) is 46.3 Å². The predicted octanol–water partition coefficient (Wildman–Crippen LogP) is 3.30. The van der Waals surface area contributed by atoms with E-state index in [4.69, 9.17) is 27.9 Å². The molecule has 2 rings (SSSR count). The summed E-state index contributed by atoms with van der Waals surface area (Å²) >= 11 is 11.9. The van der Waals surface area contributed by atoms with Crippen LogP contribution in [0.15, 0.2) is 30.6 Å². The fourth-order valence-electron chi connectivity index (χ4n) is 1.37. The molecule has 0 radical (unpaired) electrons. The zero-order valence-electron chi connectivity index (χ0n) is 9.65. The Balaban J connectivity index is 2.22. The molecule has 1 aromatic heterocycles. The van der Waals surface area contributed by atoms with Gasteiger partial charge in [0.1, 0.15) is 5.75 Å². The van der Waals surface area contributed by atoms with E-state index in [1.54, 1.807) is 24.4 Å². The van der Waals surface area contributed by atoms with Crippen LogP contribution in [0.4, 0.5) is 0 Å². The fraction of sp³-hybridized carbons (Fsp3) is 0.167. The van der Waals surface area contributed by atoms with Gasteiger partial charge in [-0.15, -0.1) is 0 Å². The number of aromatic nitrogens is 2. The Hall–Kier alpha value is -1.36. The fourth-order valence-corrected chi connectivity index (χ4v) is 1.69. The van der Waals surface area contributed by atoms with Gasteiger partial charge >= 0.3 is 0 Å². The topological polar surface area (TPSA) is 47.0 Å². The zero-order valence-corrected chi connectivity index (χ0v) is 11.2. The molecule has 4 nitrogen and oxygen atoms in total. The van der Waals surface area contributed by atoms with E-state index in [9.17, 15) is 0 Å². The lowest BCUT2D eigenvalue weighted by atomic mass is 10.3. The first kappa shape index (κ1) is 13.1. The highest BCUT2D eigenvalue weighted by atomic mass is 35.5. The minimum absolute atomic E-state index is 0.381. The summed E-state index contributed by atoms with van der Waals surface area (Å²) in [6.07, 6.45) is 3.19. The normalized spacial score (nSPS) is 10.4. The van der Waals surface area contributed by atoms with Crippen molar-refractivity contribution in [1.29, 1.82) is 0 Å². The lowest BCUT2D eigenvalue weighted by Crippen LogP contribution is -2.07. The Kier molecular flexibility index (Phi) is 4.36. The summed E-state index contributed by atoms with van der Waals surface area (Å²) in [5.41, 5.74) is 0.785. The van der Waals surface area contributed by atoms with Crippen molar-refractivity contribution >= 4 is 23.2 Å². The third-order valence-corrected chi connectivity index (χ3v) is 2.68. The number of ether oxygens (including phenoxy) is 1. The van der Waals surface area contributed by atoms with E-state index in [0.717, 1.165) is 5.69 Å². The van der Waals surface area contributed by atoms with Gasteiger partial charge < -0.3 is 10.1 Å². The second kappa shape index (κ2) is 6.00. The summed E-state index contributed by atoms with van der Waals surface area (Å²) < 4.78 is 5.56. The molecule has 0 unspecified atom stereocenters. The number of hydrogen-bond donors (Lipinski definition) is 1. The van der Waals surface area contributed by atoms with Gasteiger partial charge in [0.05, 0.1) is 16.9 Å². The molecule has 6 heteroatoms. The van der Waals surface area contributed by atoms with Gasteiger partial charge in [-0.2, -0.15) is 0 Å². The third kappa shape index (κ3) is 3.32. The van der Waals surface area contributed by atoms with Crippen LogP contribution in [0.2, 0.25) is 10.0 Å². The van der Waals surface area contributed by atoms with Crippen LogP contribution in [-0.2, 0) is 6.54 Å². The SMILES string of the molecule is CNCc1cncc(Oc2cc(Cl)ccc2Cl)n1.